The Labute approximate surface area is 175 Å². The summed E-state index contributed by atoms with van der Waals surface area (Å²) in [6.45, 7) is 5.26. The smallest absolute Gasteiger partial charge is 0.205 e. The lowest BCUT2D eigenvalue weighted by atomic mass is 10.0. The Hall–Kier alpha value is -3.42. The largest absolute Gasteiger partial charge is 0.256 e. The molecule has 3 aromatic heterocycles. The molecule has 8 heteroatoms. The van der Waals surface area contributed by atoms with Gasteiger partial charge in [-0.3, -0.25) is 4.98 Å². The van der Waals surface area contributed by atoms with E-state index in [1.165, 1.54) is 0 Å². The molecular weight excluding hydrogens is 376 g/mol. The quantitative estimate of drug-likeness (QED) is 0.456. The van der Waals surface area contributed by atoms with Crippen molar-refractivity contribution in [3.63, 3.8) is 0 Å². The number of H-pyrrole nitrogens is 1. The summed E-state index contributed by atoms with van der Waals surface area (Å²) in [4.78, 5) is 9.48. The molecule has 4 aromatic rings. The van der Waals surface area contributed by atoms with Gasteiger partial charge in [0, 0.05) is 36.7 Å². The zero-order valence-electron chi connectivity index (χ0n) is 17.4. The number of tetrazole rings is 1. The molecule has 3 heterocycles. The van der Waals surface area contributed by atoms with Crippen molar-refractivity contribution in [2.75, 3.05) is 0 Å². The van der Waals surface area contributed by atoms with E-state index in [0.29, 0.717) is 5.82 Å². The lowest BCUT2D eigenvalue weighted by Crippen LogP contribution is -2.07. The van der Waals surface area contributed by atoms with Gasteiger partial charge in [-0.15, -0.1) is 10.2 Å². The average Bonchev–Trinajstić information content (AvgIpc) is 3.44. The summed E-state index contributed by atoms with van der Waals surface area (Å²) in [6.07, 6.45) is 6.84. The van der Waals surface area contributed by atoms with E-state index in [4.69, 9.17) is 15.1 Å². The molecule has 0 amide bonds. The van der Waals surface area contributed by atoms with Crippen molar-refractivity contribution in [1.82, 2.24) is 40.4 Å². The average molecular weight is 403 g/mol. The molecule has 0 radical (unpaired) electrons. The molecular formula is C22H26N8. The minimum absolute atomic E-state index is 0.559. The summed E-state index contributed by atoms with van der Waals surface area (Å²) >= 11 is 0. The normalized spacial score (nSPS) is 11.1. The third-order valence-corrected chi connectivity index (χ3v) is 4.97. The fourth-order valence-electron chi connectivity index (χ4n) is 3.42. The van der Waals surface area contributed by atoms with Crippen LogP contribution in [0.25, 0.3) is 22.6 Å². The molecule has 1 aromatic carbocycles. The Morgan fingerprint density at radius 3 is 2.57 bits per heavy atom. The number of nitrogens with one attached hydrogen (secondary N) is 1. The number of aromatic nitrogens is 8. The van der Waals surface area contributed by atoms with Gasteiger partial charge >= 0.3 is 0 Å². The van der Waals surface area contributed by atoms with Crippen LogP contribution in [0.5, 0.6) is 0 Å². The van der Waals surface area contributed by atoms with Crippen LogP contribution in [0.4, 0.5) is 0 Å². The van der Waals surface area contributed by atoms with Gasteiger partial charge in [0.05, 0.1) is 5.69 Å². The summed E-state index contributed by atoms with van der Waals surface area (Å²) in [5.74, 6) is 2.50. The van der Waals surface area contributed by atoms with Crippen LogP contribution >= 0.6 is 0 Å². The highest BCUT2D eigenvalue weighted by Gasteiger charge is 2.13. The van der Waals surface area contributed by atoms with Crippen molar-refractivity contribution in [2.45, 2.75) is 52.5 Å². The summed E-state index contributed by atoms with van der Waals surface area (Å²) in [6, 6.07) is 12.1. The predicted octanol–water partition coefficient (Wildman–Crippen LogP) is 3.86. The number of hydrogen-bond acceptors (Lipinski definition) is 6. The van der Waals surface area contributed by atoms with Crippen molar-refractivity contribution < 1.29 is 0 Å². The lowest BCUT2D eigenvalue weighted by molar-refractivity contribution is 0.545. The Bertz CT molecular complexity index is 1070. The highest BCUT2D eigenvalue weighted by molar-refractivity contribution is 5.78. The topological polar surface area (TPSA) is 98.1 Å². The van der Waals surface area contributed by atoms with E-state index in [0.717, 1.165) is 72.7 Å². The first-order chi connectivity index (χ1) is 14.8. The lowest BCUT2D eigenvalue weighted by Gasteiger charge is -2.08. The van der Waals surface area contributed by atoms with E-state index >= 15 is 0 Å². The third-order valence-electron chi connectivity index (χ3n) is 4.97. The van der Waals surface area contributed by atoms with Crippen molar-refractivity contribution >= 4 is 0 Å². The maximum atomic E-state index is 4.77. The molecule has 154 valence electrons. The van der Waals surface area contributed by atoms with Crippen molar-refractivity contribution in [1.29, 1.82) is 0 Å². The van der Waals surface area contributed by atoms with Crippen LogP contribution < -0.4 is 0 Å². The van der Waals surface area contributed by atoms with Crippen LogP contribution in [-0.4, -0.2) is 40.4 Å². The molecule has 8 nitrogen and oxygen atoms in total. The van der Waals surface area contributed by atoms with Gasteiger partial charge in [-0.1, -0.05) is 50.6 Å². The number of nitrogens with zero attached hydrogens (tertiary/aromatic N) is 7. The van der Waals surface area contributed by atoms with Crippen LogP contribution in [0.2, 0.25) is 0 Å². The molecule has 0 atom stereocenters. The van der Waals surface area contributed by atoms with E-state index < -0.39 is 0 Å². The van der Waals surface area contributed by atoms with E-state index in [2.05, 4.69) is 45.2 Å². The highest BCUT2D eigenvalue weighted by Crippen LogP contribution is 2.28. The van der Waals surface area contributed by atoms with Gasteiger partial charge in [-0.2, -0.15) is 10.3 Å². The van der Waals surface area contributed by atoms with Gasteiger partial charge in [0.25, 0.3) is 0 Å². The SMILES string of the molecule is CCCCn1nc(CCC)nc1Cc1ccc(-c2ccccc2-c2nn[nH]n2)nc1. The molecule has 0 unspecified atom stereocenters. The van der Waals surface area contributed by atoms with E-state index in [9.17, 15) is 0 Å². The zero-order chi connectivity index (χ0) is 20.8. The number of unbranched alkanes of at least 4 members (excludes halogenated alkanes) is 1. The number of rotatable bonds is 9. The van der Waals surface area contributed by atoms with Gasteiger partial charge in [0.1, 0.15) is 5.82 Å². The minimum atomic E-state index is 0.559. The van der Waals surface area contributed by atoms with Gasteiger partial charge in [0.15, 0.2) is 5.82 Å². The number of pyridine rings is 1. The first kappa shape index (κ1) is 19.9. The second-order valence-electron chi connectivity index (χ2n) is 7.28. The number of hydrogen-bond donors (Lipinski definition) is 1. The fraction of sp³-hybridized carbons (Fsp3) is 0.364. The number of benzene rings is 1. The minimum Gasteiger partial charge on any atom is -0.256 e. The van der Waals surface area contributed by atoms with Crippen LogP contribution in [-0.2, 0) is 19.4 Å². The van der Waals surface area contributed by atoms with E-state index in [1.54, 1.807) is 0 Å². The molecule has 0 spiro atoms. The van der Waals surface area contributed by atoms with Crippen LogP contribution in [0, 0.1) is 0 Å². The molecule has 0 aliphatic carbocycles. The Balaban J connectivity index is 1.57. The first-order valence-electron chi connectivity index (χ1n) is 10.5. The molecule has 0 aliphatic heterocycles. The monoisotopic (exact) mass is 402 g/mol. The highest BCUT2D eigenvalue weighted by atomic mass is 15.5. The van der Waals surface area contributed by atoms with Gasteiger partial charge in [-0.25, -0.2) is 9.67 Å². The molecule has 30 heavy (non-hydrogen) atoms. The molecule has 1 N–H and O–H groups in total. The van der Waals surface area contributed by atoms with Gasteiger partial charge in [-0.05, 0) is 29.7 Å². The van der Waals surface area contributed by atoms with Crippen molar-refractivity contribution in [3.8, 4) is 22.6 Å². The molecule has 0 fully saturated rings. The second-order valence-corrected chi connectivity index (χ2v) is 7.28. The van der Waals surface area contributed by atoms with Gasteiger partial charge in [0.2, 0.25) is 5.82 Å². The Morgan fingerprint density at radius 1 is 1.00 bits per heavy atom. The molecule has 4 rings (SSSR count). The zero-order valence-corrected chi connectivity index (χ0v) is 17.4. The summed E-state index contributed by atoms with van der Waals surface area (Å²) < 4.78 is 2.06. The Kier molecular flexibility index (Phi) is 6.22. The van der Waals surface area contributed by atoms with Crippen LogP contribution in [0.1, 0.15) is 50.3 Å². The predicted molar refractivity (Wildman–Crippen MR) is 115 cm³/mol. The number of aryl methyl sites for hydroxylation is 2. The van der Waals surface area contributed by atoms with E-state index in [1.807, 2.05) is 36.5 Å². The Morgan fingerprint density at radius 2 is 1.87 bits per heavy atom. The van der Waals surface area contributed by atoms with Crippen LogP contribution in [0.15, 0.2) is 42.6 Å². The summed E-state index contributed by atoms with van der Waals surface area (Å²) in [5.41, 5.74) is 3.86. The summed E-state index contributed by atoms with van der Waals surface area (Å²) in [7, 11) is 0. The molecule has 0 saturated heterocycles. The van der Waals surface area contributed by atoms with E-state index in [-0.39, 0.29) is 0 Å². The number of aromatic amines is 1. The van der Waals surface area contributed by atoms with Crippen molar-refractivity contribution in [3.05, 3.63) is 59.8 Å². The maximum absolute atomic E-state index is 4.77. The maximum Gasteiger partial charge on any atom is 0.205 e. The molecule has 0 saturated carbocycles. The summed E-state index contributed by atoms with van der Waals surface area (Å²) in [5, 5.41) is 19.1. The standard InChI is InChI=1S/C22H26N8/c1-3-5-13-30-21(24-20(27-30)8-4-2)14-16-11-12-19(23-15-16)17-9-6-7-10-18(17)22-25-28-29-26-22/h6-7,9-12,15H,3-5,8,13-14H2,1-2H3,(H,25,26,28,29). The third kappa shape index (κ3) is 4.42. The second kappa shape index (κ2) is 9.39. The fourth-order valence-corrected chi connectivity index (χ4v) is 3.42. The first-order valence-corrected chi connectivity index (χ1v) is 10.5. The van der Waals surface area contributed by atoms with Crippen molar-refractivity contribution in [2.24, 2.45) is 0 Å². The van der Waals surface area contributed by atoms with Crippen LogP contribution in [0.3, 0.4) is 0 Å². The molecule has 0 bridgehead atoms. The van der Waals surface area contributed by atoms with Gasteiger partial charge < -0.3 is 0 Å². The molecule has 0 aliphatic rings.